The summed E-state index contributed by atoms with van der Waals surface area (Å²) in [6.07, 6.45) is 1.96. The zero-order chi connectivity index (χ0) is 22.2. The predicted molar refractivity (Wildman–Crippen MR) is 120 cm³/mol. The highest BCUT2D eigenvalue weighted by Crippen LogP contribution is 2.40. The zero-order valence-electron chi connectivity index (χ0n) is 18.0. The van der Waals surface area contributed by atoms with E-state index in [1.807, 2.05) is 62.4 Å². The van der Waals surface area contributed by atoms with Crippen LogP contribution in [0.25, 0.3) is 17.2 Å². The van der Waals surface area contributed by atoms with Crippen LogP contribution in [-0.2, 0) is 4.79 Å². The number of aryl methyl sites for hydroxylation is 2. The van der Waals surface area contributed by atoms with Crippen LogP contribution in [0.4, 0.5) is 5.82 Å². The molecule has 2 aromatic carbocycles. The highest BCUT2D eigenvalue weighted by atomic mass is 16.5. The highest BCUT2D eigenvalue weighted by Gasteiger charge is 2.33. The fourth-order valence-electron chi connectivity index (χ4n) is 4.06. The lowest BCUT2D eigenvalue weighted by molar-refractivity contribution is -0.116. The van der Waals surface area contributed by atoms with Crippen LogP contribution >= 0.6 is 0 Å². The second kappa shape index (κ2) is 7.88. The third-order valence-corrected chi connectivity index (χ3v) is 5.71. The Kier molecular flexibility index (Phi) is 4.89. The van der Waals surface area contributed by atoms with Gasteiger partial charge in [-0.2, -0.15) is 14.9 Å². The van der Waals surface area contributed by atoms with E-state index in [1.54, 1.807) is 18.0 Å². The minimum Gasteiger partial charge on any atom is -0.497 e. The molecule has 160 valence electrons. The Balaban J connectivity index is 1.58. The predicted octanol–water partition coefficient (Wildman–Crippen LogP) is 3.82. The van der Waals surface area contributed by atoms with E-state index in [-0.39, 0.29) is 11.8 Å². The minimum absolute atomic E-state index is 0.0814. The van der Waals surface area contributed by atoms with Gasteiger partial charge in [0.05, 0.1) is 24.7 Å². The monoisotopic (exact) mass is 426 g/mol. The Morgan fingerprint density at radius 2 is 1.81 bits per heavy atom. The average Bonchev–Trinajstić information content (AvgIpc) is 3.15. The summed E-state index contributed by atoms with van der Waals surface area (Å²) >= 11 is 0. The lowest BCUT2D eigenvalue weighted by Crippen LogP contribution is -2.25. The summed E-state index contributed by atoms with van der Waals surface area (Å²) in [6, 6.07) is 15.8. The van der Waals surface area contributed by atoms with Gasteiger partial charge in [-0.15, -0.1) is 5.10 Å². The molecule has 5 rings (SSSR count). The van der Waals surface area contributed by atoms with E-state index >= 15 is 0 Å². The van der Waals surface area contributed by atoms with Crippen molar-refractivity contribution < 1.29 is 9.53 Å². The Labute approximate surface area is 185 Å². The number of hydrogen-bond acceptors (Lipinski definition) is 6. The van der Waals surface area contributed by atoms with Gasteiger partial charge in [0.25, 0.3) is 5.95 Å². The molecule has 0 bridgehead atoms. The Bertz CT molecular complexity index is 1300. The number of anilines is 1. The molecule has 0 saturated carbocycles. The van der Waals surface area contributed by atoms with E-state index < -0.39 is 0 Å². The molecule has 1 N–H and O–H groups in total. The molecule has 1 aliphatic rings. The smallest absolute Gasteiger partial charge is 0.272 e. The summed E-state index contributed by atoms with van der Waals surface area (Å²) in [5.74, 6) is 1.47. The fourth-order valence-corrected chi connectivity index (χ4v) is 4.06. The van der Waals surface area contributed by atoms with E-state index in [0.717, 1.165) is 28.1 Å². The summed E-state index contributed by atoms with van der Waals surface area (Å²) in [5, 5.41) is 16.0. The topological polar surface area (TPSA) is 94.8 Å². The largest absolute Gasteiger partial charge is 0.497 e. The lowest BCUT2D eigenvalue weighted by Gasteiger charge is -2.24. The van der Waals surface area contributed by atoms with Crippen molar-refractivity contribution in [3.05, 3.63) is 77.1 Å². The van der Waals surface area contributed by atoms with Crippen LogP contribution in [0.2, 0.25) is 0 Å². The highest BCUT2D eigenvalue weighted by molar-refractivity contribution is 5.95. The summed E-state index contributed by atoms with van der Waals surface area (Å²) in [6.45, 7) is 3.97. The number of carbonyl (C=O) groups excluding carboxylic acids is 1. The van der Waals surface area contributed by atoms with Crippen molar-refractivity contribution in [2.75, 3.05) is 12.4 Å². The average molecular weight is 426 g/mol. The molecule has 1 aliphatic heterocycles. The van der Waals surface area contributed by atoms with E-state index in [1.165, 1.54) is 5.56 Å². The molecule has 0 aliphatic carbocycles. The van der Waals surface area contributed by atoms with Crippen molar-refractivity contribution in [1.82, 2.24) is 25.0 Å². The molecule has 4 aromatic rings. The second-order valence-electron chi connectivity index (χ2n) is 7.85. The number of benzene rings is 2. The molecule has 8 heteroatoms. The number of aromatic nitrogens is 5. The molecule has 2 aromatic heterocycles. The quantitative estimate of drug-likeness (QED) is 0.533. The number of nitrogens with one attached hydrogen (secondary N) is 1. The Hall–Kier alpha value is -4.07. The molecule has 3 heterocycles. The maximum atomic E-state index is 12.6. The zero-order valence-corrected chi connectivity index (χ0v) is 18.0. The number of rotatable bonds is 4. The van der Waals surface area contributed by atoms with Crippen molar-refractivity contribution in [1.29, 1.82) is 0 Å². The summed E-state index contributed by atoms with van der Waals surface area (Å²) in [5.41, 5.74) is 5.58. The molecule has 1 unspecified atom stereocenters. The van der Waals surface area contributed by atoms with Gasteiger partial charge in [0.1, 0.15) is 11.6 Å². The Morgan fingerprint density at radius 1 is 1.06 bits per heavy atom. The van der Waals surface area contributed by atoms with E-state index in [0.29, 0.717) is 23.9 Å². The van der Waals surface area contributed by atoms with Crippen molar-refractivity contribution in [2.45, 2.75) is 26.2 Å². The van der Waals surface area contributed by atoms with Crippen LogP contribution in [0.1, 0.15) is 34.7 Å². The first-order chi connectivity index (χ1) is 15.5. The van der Waals surface area contributed by atoms with Crippen molar-refractivity contribution >= 4 is 11.7 Å². The van der Waals surface area contributed by atoms with Crippen molar-refractivity contribution in [3.63, 3.8) is 0 Å². The van der Waals surface area contributed by atoms with E-state index in [4.69, 9.17) is 4.74 Å². The van der Waals surface area contributed by atoms with Gasteiger partial charge in [0.15, 0.2) is 0 Å². The standard InChI is InChI=1S/C24H22N6O2/c1-14-4-6-17(7-5-14)20-13-25-28-24(26-20)30-23-22(15(2)29-30)19(12-21(31)27-23)16-8-10-18(32-3)11-9-16/h4-11,13,19H,12H2,1-3H3,(H,27,31). The number of fused-ring (bicyclic) bond motifs is 1. The maximum Gasteiger partial charge on any atom is 0.272 e. The minimum atomic E-state index is -0.119. The summed E-state index contributed by atoms with van der Waals surface area (Å²) in [4.78, 5) is 17.3. The van der Waals surface area contributed by atoms with Gasteiger partial charge in [-0.3, -0.25) is 4.79 Å². The third kappa shape index (κ3) is 3.49. The molecule has 1 atom stereocenters. The van der Waals surface area contributed by atoms with Crippen LogP contribution < -0.4 is 10.1 Å². The molecular formula is C24H22N6O2. The van der Waals surface area contributed by atoms with Crippen LogP contribution in [-0.4, -0.2) is 38.0 Å². The molecule has 0 radical (unpaired) electrons. The fraction of sp³-hybridized carbons (Fsp3) is 0.208. The van der Waals surface area contributed by atoms with Gasteiger partial charge in [0.2, 0.25) is 5.91 Å². The first-order valence-corrected chi connectivity index (χ1v) is 10.3. The van der Waals surface area contributed by atoms with Gasteiger partial charge in [-0.05, 0) is 31.5 Å². The lowest BCUT2D eigenvalue weighted by atomic mass is 9.86. The molecule has 0 fully saturated rings. The molecular weight excluding hydrogens is 404 g/mol. The van der Waals surface area contributed by atoms with Gasteiger partial charge < -0.3 is 10.1 Å². The Morgan fingerprint density at radius 3 is 2.53 bits per heavy atom. The summed E-state index contributed by atoms with van der Waals surface area (Å²) in [7, 11) is 1.63. The number of hydrogen-bond donors (Lipinski definition) is 1. The third-order valence-electron chi connectivity index (χ3n) is 5.71. The van der Waals surface area contributed by atoms with E-state index in [9.17, 15) is 4.79 Å². The normalized spacial score (nSPS) is 15.2. The number of methoxy groups -OCH3 is 1. The van der Waals surface area contributed by atoms with Crippen LogP contribution in [0.5, 0.6) is 5.75 Å². The van der Waals surface area contributed by atoms with Crippen LogP contribution in [0.3, 0.4) is 0 Å². The van der Waals surface area contributed by atoms with Gasteiger partial charge in [-0.25, -0.2) is 4.98 Å². The second-order valence-corrected chi connectivity index (χ2v) is 7.85. The molecule has 1 amide bonds. The van der Waals surface area contributed by atoms with Gasteiger partial charge in [-0.1, -0.05) is 42.0 Å². The number of ether oxygens (including phenoxy) is 1. The summed E-state index contributed by atoms with van der Waals surface area (Å²) < 4.78 is 6.84. The molecule has 32 heavy (non-hydrogen) atoms. The van der Waals surface area contributed by atoms with Crippen LogP contribution in [0.15, 0.2) is 54.7 Å². The number of amides is 1. The molecule has 0 saturated heterocycles. The maximum absolute atomic E-state index is 12.6. The van der Waals surface area contributed by atoms with Gasteiger partial charge >= 0.3 is 0 Å². The van der Waals surface area contributed by atoms with Crippen molar-refractivity contribution in [2.24, 2.45) is 0 Å². The van der Waals surface area contributed by atoms with Crippen LogP contribution in [0, 0.1) is 13.8 Å². The molecule has 0 spiro atoms. The molecule has 8 nitrogen and oxygen atoms in total. The van der Waals surface area contributed by atoms with Crippen molar-refractivity contribution in [3.8, 4) is 23.0 Å². The number of nitrogens with zero attached hydrogens (tertiary/aromatic N) is 5. The van der Waals surface area contributed by atoms with E-state index in [2.05, 4.69) is 25.6 Å². The number of carbonyl (C=O) groups is 1. The SMILES string of the molecule is COc1ccc(C2CC(=O)Nc3c2c(C)nn3-c2nncc(-c3ccc(C)cc3)n2)cc1. The first kappa shape index (κ1) is 19.9. The van der Waals surface area contributed by atoms with Gasteiger partial charge in [0, 0.05) is 23.5 Å². The first-order valence-electron chi connectivity index (χ1n) is 10.3.